The molecule has 6 heteroatoms. The molecule has 1 aliphatic carbocycles. The Morgan fingerprint density at radius 3 is 2.42 bits per heavy atom. The molecule has 24 heavy (non-hydrogen) atoms. The maximum atomic E-state index is 12.1. The molecular formula is C18H21N3O3. The van der Waals surface area contributed by atoms with E-state index in [2.05, 4.69) is 10.4 Å². The molecule has 1 saturated carbocycles. The van der Waals surface area contributed by atoms with E-state index < -0.39 is 11.4 Å². The van der Waals surface area contributed by atoms with E-state index in [0.717, 1.165) is 17.0 Å². The lowest BCUT2D eigenvalue weighted by Gasteiger charge is -2.11. The zero-order valence-corrected chi connectivity index (χ0v) is 13.9. The number of carbonyl (C=O) groups is 2. The SMILES string of the molecule is Cc1cc(C)n(Cc2ccc(C(=O)NCC3(C(=O)O)CC3)cc2)n1. The lowest BCUT2D eigenvalue weighted by molar-refractivity contribution is -0.143. The predicted octanol–water partition coefficient (Wildman–Crippen LogP) is 2.14. The van der Waals surface area contributed by atoms with Crippen molar-refractivity contribution in [1.82, 2.24) is 15.1 Å². The van der Waals surface area contributed by atoms with E-state index in [1.54, 1.807) is 12.1 Å². The van der Waals surface area contributed by atoms with Gasteiger partial charge in [-0.1, -0.05) is 12.1 Å². The summed E-state index contributed by atoms with van der Waals surface area (Å²) in [5.41, 5.74) is 2.93. The molecule has 126 valence electrons. The van der Waals surface area contributed by atoms with Gasteiger partial charge in [0, 0.05) is 17.8 Å². The highest BCUT2D eigenvalue weighted by molar-refractivity contribution is 5.94. The maximum Gasteiger partial charge on any atom is 0.311 e. The molecule has 2 aromatic rings. The quantitative estimate of drug-likeness (QED) is 0.851. The summed E-state index contributed by atoms with van der Waals surface area (Å²) in [4.78, 5) is 23.3. The molecule has 0 unspecified atom stereocenters. The van der Waals surface area contributed by atoms with Crippen LogP contribution in [0.1, 0.15) is 40.2 Å². The summed E-state index contributed by atoms with van der Waals surface area (Å²) in [6.45, 7) is 4.82. The second kappa shape index (κ2) is 6.11. The third-order valence-electron chi connectivity index (χ3n) is 4.55. The van der Waals surface area contributed by atoms with Crippen molar-refractivity contribution in [2.24, 2.45) is 5.41 Å². The average Bonchev–Trinajstić information content (AvgIpc) is 3.27. The predicted molar refractivity (Wildman–Crippen MR) is 88.9 cm³/mol. The average molecular weight is 327 g/mol. The van der Waals surface area contributed by atoms with Gasteiger partial charge >= 0.3 is 5.97 Å². The second-order valence-corrected chi connectivity index (χ2v) is 6.55. The van der Waals surface area contributed by atoms with Crippen molar-refractivity contribution in [2.75, 3.05) is 6.54 Å². The smallest absolute Gasteiger partial charge is 0.311 e. The Balaban J connectivity index is 1.60. The fourth-order valence-electron chi connectivity index (χ4n) is 2.74. The number of rotatable bonds is 6. The van der Waals surface area contributed by atoms with Gasteiger partial charge in [-0.3, -0.25) is 14.3 Å². The first-order valence-corrected chi connectivity index (χ1v) is 8.01. The summed E-state index contributed by atoms with van der Waals surface area (Å²) in [6.07, 6.45) is 1.26. The van der Waals surface area contributed by atoms with Gasteiger partial charge < -0.3 is 10.4 Å². The highest BCUT2D eigenvalue weighted by atomic mass is 16.4. The van der Waals surface area contributed by atoms with Gasteiger partial charge in [0.1, 0.15) is 0 Å². The molecule has 0 saturated heterocycles. The number of aryl methyl sites for hydroxylation is 2. The van der Waals surface area contributed by atoms with Gasteiger partial charge in [-0.25, -0.2) is 0 Å². The Labute approximate surface area is 140 Å². The molecular weight excluding hydrogens is 306 g/mol. The number of carboxylic acids is 1. The van der Waals surface area contributed by atoms with Gasteiger partial charge in [0.05, 0.1) is 17.7 Å². The van der Waals surface area contributed by atoms with Crippen LogP contribution >= 0.6 is 0 Å². The molecule has 1 heterocycles. The molecule has 1 aromatic carbocycles. The Kier molecular flexibility index (Phi) is 4.13. The molecule has 0 atom stereocenters. The van der Waals surface area contributed by atoms with Crippen LogP contribution in [-0.4, -0.2) is 33.3 Å². The summed E-state index contributed by atoms with van der Waals surface area (Å²) in [5.74, 6) is -1.07. The van der Waals surface area contributed by atoms with Crippen LogP contribution < -0.4 is 5.32 Å². The Bertz CT molecular complexity index is 773. The molecule has 6 nitrogen and oxygen atoms in total. The minimum atomic E-state index is -0.831. The third-order valence-corrected chi connectivity index (χ3v) is 4.55. The first-order valence-electron chi connectivity index (χ1n) is 8.01. The summed E-state index contributed by atoms with van der Waals surface area (Å²) in [7, 11) is 0. The maximum absolute atomic E-state index is 12.1. The number of benzene rings is 1. The van der Waals surface area contributed by atoms with E-state index in [4.69, 9.17) is 5.11 Å². The summed E-state index contributed by atoms with van der Waals surface area (Å²) >= 11 is 0. The van der Waals surface area contributed by atoms with E-state index in [1.807, 2.05) is 36.7 Å². The van der Waals surface area contributed by atoms with Crippen LogP contribution in [0.25, 0.3) is 0 Å². The number of hydrogen-bond acceptors (Lipinski definition) is 3. The van der Waals surface area contributed by atoms with Crippen LogP contribution in [0.3, 0.4) is 0 Å². The standard InChI is InChI=1S/C18H21N3O3/c1-12-9-13(2)21(20-12)10-14-3-5-15(6-4-14)16(22)19-11-18(7-8-18)17(23)24/h3-6,9H,7-8,10-11H2,1-2H3,(H,19,22)(H,23,24). The highest BCUT2D eigenvalue weighted by Crippen LogP contribution is 2.45. The van der Waals surface area contributed by atoms with Crippen LogP contribution in [0.4, 0.5) is 0 Å². The minimum Gasteiger partial charge on any atom is -0.481 e. The van der Waals surface area contributed by atoms with Crippen molar-refractivity contribution in [3.05, 3.63) is 52.8 Å². The molecule has 1 aliphatic rings. The number of carboxylic acid groups (broad SMARTS) is 1. The fourth-order valence-corrected chi connectivity index (χ4v) is 2.74. The molecule has 0 radical (unpaired) electrons. The number of aliphatic carboxylic acids is 1. The van der Waals surface area contributed by atoms with Crippen molar-refractivity contribution in [1.29, 1.82) is 0 Å². The summed E-state index contributed by atoms with van der Waals surface area (Å²) in [6, 6.07) is 9.34. The number of nitrogens with one attached hydrogen (secondary N) is 1. The van der Waals surface area contributed by atoms with Crippen molar-refractivity contribution in [3.8, 4) is 0 Å². The first kappa shape index (κ1) is 16.2. The molecule has 0 spiro atoms. The largest absolute Gasteiger partial charge is 0.481 e. The van der Waals surface area contributed by atoms with E-state index in [-0.39, 0.29) is 12.5 Å². The van der Waals surface area contributed by atoms with Crippen molar-refractivity contribution in [2.45, 2.75) is 33.2 Å². The fraction of sp³-hybridized carbons (Fsp3) is 0.389. The zero-order chi connectivity index (χ0) is 17.3. The van der Waals surface area contributed by atoms with Gasteiger partial charge in [-0.15, -0.1) is 0 Å². The number of carbonyl (C=O) groups excluding carboxylic acids is 1. The van der Waals surface area contributed by atoms with Crippen molar-refractivity contribution < 1.29 is 14.7 Å². The van der Waals surface area contributed by atoms with Crippen LogP contribution in [0, 0.1) is 19.3 Å². The normalized spacial score (nSPS) is 15.1. The summed E-state index contributed by atoms with van der Waals surface area (Å²) < 4.78 is 1.92. The van der Waals surface area contributed by atoms with Crippen LogP contribution in [0.5, 0.6) is 0 Å². The number of nitrogens with zero attached hydrogens (tertiary/aromatic N) is 2. The van der Waals surface area contributed by atoms with Gasteiger partial charge in [-0.05, 0) is 50.5 Å². The molecule has 1 aromatic heterocycles. The molecule has 2 N–H and O–H groups in total. The van der Waals surface area contributed by atoms with Crippen molar-refractivity contribution >= 4 is 11.9 Å². The highest BCUT2D eigenvalue weighted by Gasteiger charge is 2.50. The summed E-state index contributed by atoms with van der Waals surface area (Å²) in [5, 5.41) is 16.3. The number of hydrogen-bond donors (Lipinski definition) is 2. The van der Waals surface area contributed by atoms with Gasteiger partial charge in [-0.2, -0.15) is 5.10 Å². The van der Waals surface area contributed by atoms with Crippen LogP contribution in [-0.2, 0) is 11.3 Å². The topological polar surface area (TPSA) is 84.2 Å². The first-order chi connectivity index (χ1) is 11.4. The molecule has 1 amide bonds. The Morgan fingerprint density at radius 1 is 1.25 bits per heavy atom. The minimum absolute atomic E-state index is 0.189. The van der Waals surface area contributed by atoms with E-state index >= 15 is 0 Å². The van der Waals surface area contributed by atoms with Crippen molar-refractivity contribution in [3.63, 3.8) is 0 Å². The van der Waals surface area contributed by atoms with E-state index in [1.165, 1.54) is 0 Å². The Morgan fingerprint density at radius 2 is 1.92 bits per heavy atom. The molecule has 0 bridgehead atoms. The van der Waals surface area contributed by atoms with Gasteiger partial charge in [0.25, 0.3) is 5.91 Å². The van der Waals surface area contributed by atoms with Gasteiger partial charge in [0.2, 0.25) is 0 Å². The van der Waals surface area contributed by atoms with Crippen LogP contribution in [0.15, 0.2) is 30.3 Å². The lowest BCUT2D eigenvalue weighted by atomic mass is 10.1. The Hall–Kier alpha value is -2.63. The lowest BCUT2D eigenvalue weighted by Crippen LogP contribution is -2.34. The number of amides is 1. The monoisotopic (exact) mass is 327 g/mol. The molecule has 3 rings (SSSR count). The van der Waals surface area contributed by atoms with E-state index in [9.17, 15) is 9.59 Å². The van der Waals surface area contributed by atoms with Crippen LogP contribution in [0.2, 0.25) is 0 Å². The zero-order valence-electron chi connectivity index (χ0n) is 13.9. The molecule has 0 aliphatic heterocycles. The number of aromatic nitrogens is 2. The second-order valence-electron chi connectivity index (χ2n) is 6.55. The van der Waals surface area contributed by atoms with E-state index in [0.29, 0.717) is 24.9 Å². The molecule has 1 fully saturated rings. The van der Waals surface area contributed by atoms with Gasteiger partial charge in [0.15, 0.2) is 0 Å². The third kappa shape index (κ3) is 3.32.